The van der Waals surface area contributed by atoms with Gasteiger partial charge in [-0.3, -0.25) is 4.79 Å². The normalized spacial score (nSPS) is 19.6. The number of aryl methyl sites for hydroxylation is 1. The first-order chi connectivity index (χ1) is 14.9. The largest absolute Gasteiger partial charge is 0.416 e. The number of benzene rings is 2. The van der Waals surface area contributed by atoms with Crippen molar-refractivity contribution in [3.63, 3.8) is 0 Å². The van der Waals surface area contributed by atoms with Crippen molar-refractivity contribution in [1.29, 1.82) is 0 Å². The Morgan fingerprint density at radius 1 is 1.00 bits per heavy atom. The second-order valence-corrected chi connectivity index (χ2v) is 8.22. The fraction of sp³-hybridized carbons (Fsp3) is 0.435. The van der Waals surface area contributed by atoms with Crippen molar-refractivity contribution in [2.24, 2.45) is 5.92 Å². The van der Waals surface area contributed by atoms with Gasteiger partial charge in [0.25, 0.3) is 0 Å². The average Bonchev–Trinajstić information content (AvgIpc) is 2.72. The predicted molar refractivity (Wildman–Crippen MR) is 108 cm³/mol. The maximum absolute atomic E-state index is 13.2. The van der Waals surface area contributed by atoms with Crippen LogP contribution in [0.1, 0.15) is 40.2 Å². The van der Waals surface area contributed by atoms with Crippen LogP contribution in [-0.4, -0.2) is 30.9 Å². The molecule has 1 saturated heterocycles. The molecule has 9 heteroatoms. The van der Waals surface area contributed by atoms with Crippen LogP contribution in [0.5, 0.6) is 0 Å². The molecule has 0 radical (unpaired) electrons. The molecule has 1 amide bonds. The first-order valence-corrected chi connectivity index (χ1v) is 10.2. The van der Waals surface area contributed by atoms with E-state index in [2.05, 4.69) is 5.32 Å². The summed E-state index contributed by atoms with van der Waals surface area (Å²) in [5.41, 5.74) is -0.954. The summed E-state index contributed by atoms with van der Waals surface area (Å²) < 4.78 is 78.8. The van der Waals surface area contributed by atoms with Gasteiger partial charge in [-0.25, -0.2) is 0 Å². The highest BCUT2D eigenvalue weighted by molar-refractivity contribution is 5.80. The standard InChI is InChI=1S/C23H24F6N2O/c1-14-3-5-16(6-4-14)20-12-30-8-7-19(20)21(32)31(2)13-15-9-17(22(24,25)26)11-18(10-15)23(27,28)29/h3-6,9-11,19-20,30H,7-8,12-13H2,1-2H3. The number of carbonyl (C=O) groups is 1. The molecule has 1 N–H and O–H groups in total. The van der Waals surface area contributed by atoms with Crippen molar-refractivity contribution in [1.82, 2.24) is 10.2 Å². The van der Waals surface area contributed by atoms with E-state index in [1.54, 1.807) is 0 Å². The molecule has 2 atom stereocenters. The molecule has 32 heavy (non-hydrogen) atoms. The molecule has 174 valence electrons. The van der Waals surface area contributed by atoms with Crippen molar-refractivity contribution >= 4 is 5.91 Å². The maximum atomic E-state index is 13.2. The third-order valence-electron chi connectivity index (χ3n) is 5.75. The molecule has 2 aromatic carbocycles. The van der Waals surface area contributed by atoms with Gasteiger partial charge in [0.1, 0.15) is 0 Å². The van der Waals surface area contributed by atoms with Gasteiger partial charge in [-0.2, -0.15) is 26.3 Å². The van der Waals surface area contributed by atoms with E-state index in [1.807, 2.05) is 31.2 Å². The number of alkyl halides is 6. The highest BCUT2D eigenvalue weighted by Gasteiger charge is 2.38. The molecule has 1 aliphatic rings. The summed E-state index contributed by atoms with van der Waals surface area (Å²) in [5.74, 6) is -0.855. The average molecular weight is 458 g/mol. The monoisotopic (exact) mass is 458 g/mol. The number of nitrogens with one attached hydrogen (secondary N) is 1. The van der Waals surface area contributed by atoms with Gasteiger partial charge in [0, 0.05) is 32.0 Å². The van der Waals surface area contributed by atoms with E-state index in [9.17, 15) is 31.1 Å². The Labute approximate surface area is 182 Å². The zero-order chi connectivity index (χ0) is 23.7. The smallest absolute Gasteiger partial charge is 0.341 e. The fourth-order valence-electron chi connectivity index (χ4n) is 4.06. The summed E-state index contributed by atoms with van der Waals surface area (Å²) in [7, 11) is 1.41. The number of piperidine rings is 1. The quantitative estimate of drug-likeness (QED) is 0.624. The molecular weight excluding hydrogens is 434 g/mol. The van der Waals surface area contributed by atoms with Crippen molar-refractivity contribution < 1.29 is 31.1 Å². The van der Waals surface area contributed by atoms with Crippen molar-refractivity contribution in [2.45, 2.75) is 38.2 Å². The van der Waals surface area contributed by atoms with E-state index in [0.29, 0.717) is 31.6 Å². The van der Waals surface area contributed by atoms with E-state index in [4.69, 9.17) is 0 Å². The Kier molecular flexibility index (Phi) is 6.88. The summed E-state index contributed by atoms with van der Waals surface area (Å²) in [6.45, 7) is 2.77. The zero-order valence-corrected chi connectivity index (χ0v) is 17.6. The molecule has 2 unspecified atom stereocenters. The van der Waals surface area contributed by atoms with E-state index in [1.165, 1.54) is 11.9 Å². The van der Waals surface area contributed by atoms with Gasteiger partial charge < -0.3 is 10.2 Å². The molecule has 0 aliphatic carbocycles. The fourth-order valence-corrected chi connectivity index (χ4v) is 4.06. The topological polar surface area (TPSA) is 32.3 Å². The van der Waals surface area contributed by atoms with Gasteiger partial charge >= 0.3 is 12.4 Å². The second-order valence-electron chi connectivity index (χ2n) is 8.22. The molecule has 0 saturated carbocycles. The molecule has 2 aromatic rings. The van der Waals surface area contributed by atoms with Gasteiger partial charge in [0.05, 0.1) is 11.1 Å². The molecule has 1 aliphatic heterocycles. The van der Waals surface area contributed by atoms with Crippen LogP contribution in [0.4, 0.5) is 26.3 Å². The van der Waals surface area contributed by atoms with Crippen LogP contribution in [0.3, 0.4) is 0 Å². The molecule has 3 rings (SSSR count). The summed E-state index contributed by atoms with van der Waals surface area (Å²) in [6, 6.07) is 9.18. The number of halogens is 6. The van der Waals surface area contributed by atoms with E-state index >= 15 is 0 Å². The number of amides is 1. The number of hydrogen-bond donors (Lipinski definition) is 1. The van der Waals surface area contributed by atoms with Crippen LogP contribution in [0, 0.1) is 12.8 Å². The molecule has 1 fully saturated rings. The third kappa shape index (κ3) is 5.62. The van der Waals surface area contributed by atoms with Crippen LogP contribution < -0.4 is 5.32 Å². The molecular formula is C23H24F6N2O. The zero-order valence-electron chi connectivity index (χ0n) is 17.6. The lowest BCUT2D eigenvalue weighted by atomic mass is 9.80. The van der Waals surface area contributed by atoms with E-state index < -0.39 is 29.4 Å². The lowest BCUT2D eigenvalue weighted by Crippen LogP contribution is -2.43. The Balaban J connectivity index is 1.84. The Morgan fingerprint density at radius 2 is 1.56 bits per heavy atom. The van der Waals surface area contributed by atoms with Crippen molar-refractivity contribution in [2.75, 3.05) is 20.1 Å². The van der Waals surface area contributed by atoms with Gasteiger partial charge in [-0.05, 0) is 49.2 Å². The van der Waals surface area contributed by atoms with Gasteiger partial charge in [0.15, 0.2) is 0 Å². The van der Waals surface area contributed by atoms with Crippen LogP contribution in [-0.2, 0) is 23.7 Å². The minimum atomic E-state index is -4.93. The Hall–Kier alpha value is -2.55. The highest BCUT2D eigenvalue weighted by atomic mass is 19.4. The second kappa shape index (κ2) is 9.13. The van der Waals surface area contributed by atoms with Crippen LogP contribution >= 0.6 is 0 Å². The van der Waals surface area contributed by atoms with Gasteiger partial charge in [-0.15, -0.1) is 0 Å². The first-order valence-electron chi connectivity index (χ1n) is 10.2. The minimum absolute atomic E-state index is 0.0888. The summed E-state index contributed by atoms with van der Waals surface area (Å²) in [6.07, 6.45) is -9.33. The molecule has 3 nitrogen and oxygen atoms in total. The molecule has 0 spiro atoms. The molecule has 1 heterocycles. The summed E-state index contributed by atoms with van der Waals surface area (Å²) >= 11 is 0. The molecule has 0 bridgehead atoms. The lowest BCUT2D eigenvalue weighted by Gasteiger charge is -2.34. The number of nitrogens with zero attached hydrogens (tertiary/aromatic N) is 1. The van der Waals surface area contributed by atoms with Crippen molar-refractivity contribution in [3.05, 3.63) is 70.3 Å². The highest BCUT2D eigenvalue weighted by Crippen LogP contribution is 2.37. The Morgan fingerprint density at radius 3 is 2.09 bits per heavy atom. The minimum Gasteiger partial charge on any atom is -0.341 e. The number of hydrogen-bond acceptors (Lipinski definition) is 2. The number of carbonyl (C=O) groups excluding carboxylic acids is 1. The number of rotatable bonds is 4. The van der Waals surface area contributed by atoms with E-state index in [0.717, 1.165) is 11.1 Å². The summed E-state index contributed by atoms with van der Waals surface area (Å²) in [4.78, 5) is 14.4. The van der Waals surface area contributed by atoms with Crippen LogP contribution in [0.15, 0.2) is 42.5 Å². The van der Waals surface area contributed by atoms with Gasteiger partial charge in [0.2, 0.25) is 5.91 Å². The summed E-state index contributed by atoms with van der Waals surface area (Å²) in [5, 5.41) is 3.25. The lowest BCUT2D eigenvalue weighted by molar-refractivity contribution is -0.143. The molecule has 0 aromatic heterocycles. The SMILES string of the molecule is Cc1ccc(C2CNCCC2C(=O)N(C)Cc2cc(C(F)(F)F)cc(C(F)(F)F)c2)cc1. The van der Waals surface area contributed by atoms with Gasteiger partial charge in [-0.1, -0.05) is 29.8 Å². The predicted octanol–water partition coefficient (Wildman–Crippen LogP) is 5.38. The Bertz CT molecular complexity index is 920. The van der Waals surface area contributed by atoms with Crippen LogP contribution in [0.2, 0.25) is 0 Å². The van der Waals surface area contributed by atoms with E-state index in [-0.39, 0.29) is 30.0 Å². The maximum Gasteiger partial charge on any atom is 0.416 e. The van der Waals surface area contributed by atoms with Crippen molar-refractivity contribution in [3.8, 4) is 0 Å². The van der Waals surface area contributed by atoms with Crippen LogP contribution in [0.25, 0.3) is 0 Å². The third-order valence-corrected chi connectivity index (χ3v) is 5.75. The first kappa shape index (κ1) is 24.1.